The van der Waals surface area contributed by atoms with Crippen LogP contribution in [-0.4, -0.2) is 28.4 Å². The molecule has 96 valence electrons. The van der Waals surface area contributed by atoms with Crippen molar-refractivity contribution in [3.05, 3.63) is 28.8 Å². The lowest BCUT2D eigenvalue weighted by atomic mass is 10.1. The molecule has 2 rings (SSSR count). The molecule has 0 saturated heterocycles. The summed E-state index contributed by atoms with van der Waals surface area (Å²) < 4.78 is 0. The van der Waals surface area contributed by atoms with E-state index in [1.165, 1.54) is 0 Å². The highest BCUT2D eigenvalue weighted by atomic mass is 32.1. The third-order valence-electron chi connectivity index (χ3n) is 2.77. The molecule has 0 atom stereocenters. The van der Waals surface area contributed by atoms with Crippen molar-refractivity contribution in [1.82, 2.24) is 15.5 Å². The monoisotopic (exact) mass is 263 g/mol. The smallest absolute Gasteiger partial charge is 0.148 e. The van der Waals surface area contributed by atoms with Crippen LogP contribution in [0.2, 0.25) is 0 Å². The van der Waals surface area contributed by atoms with Gasteiger partial charge < -0.3 is 10.4 Å². The standard InChI is InChI=1S/C13H17N3OS/c1-3-14-8-7-12-15-16-13(18-12)10-5-4-6-11(17)9(10)2/h4-6,14,17H,3,7-8H2,1-2H3. The van der Waals surface area contributed by atoms with Crippen LogP contribution < -0.4 is 5.32 Å². The van der Waals surface area contributed by atoms with Crippen LogP contribution in [-0.2, 0) is 6.42 Å². The number of phenolic OH excluding ortho intramolecular Hbond substituents is 1. The van der Waals surface area contributed by atoms with Gasteiger partial charge in [-0.2, -0.15) is 0 Å². The van der Waals surface area contributed by atoms with E-state index in [0.29, 0.717) is 5.75 Å². The second-order valence-electron chi connectivity index (χ2n) is 4.05. The van der Waals surface area contributed by atoms with Crippen molar-refractivity contribution < 1.29 is 5.11 Å². The highest BCUT2D eigenvalue weighted by molar-refractivity contribution is 7.14. The zero-order valence-corrected chi connectivity index (χ0v) is 11.4. The number of benzene rings is 1. The van der Waals surface area contributed by atoms with Gasteiger partial charge in [0.15, 0.2) is 0 Å². The van der Waals surface area contributed by atoms with Crippen molar-refractivity contribution in [2.24, 2.45) is 0 Å². The van der Waals surface area contributed by atoms with Crippen LogP contribution in [0.1, 0.15) is 17.5 Å². The van der Waals surface area contributed by atoms with E-state index in [-0.39, 0.29) is 0 Å². The Hall–Kier alpha value is -1.46. The van der Waals surface area contributed by atoms with Gasteiger partial charge in [-0.3, -0.25) is 0 Å². The van der Waals surface area contributed by atoms with Gasteiger partial charge in [0, 0.05) is 24.1 Å². The lowest BCUT2D eigenvalue weighted by Crippen LogP contribution is -2.15. The number of aromatic nitrogens is 2. The number of nitrogens with zero attached hydrogens (tertiary/aromatic N) is 2. The molecule has 1 aromatic carbocycles. The van der Waals surface area contributed by atoms with Crippen LogP contribution in [0.25, 0.3) is 10.6 Å². The topological polar surface area (TPSA) is 58.0 Å². The van der Waals surface area contributed by atoms with Crippen LogP contribution in [0.5, 0.6) is 5.75 Å². The Morgan fingerprint density at radius 3 is 2.94 bits per heavy atom. The van der Waals surface area contributed by atoms with Gasteiger partial charge in [0.2, 0.25) is 0 Å². The van der Waals surface area contributed by atoms with Gasteiger partial charge in [0.25, 0.3) is 0 Å². The summed E-state index contributed by atoms with van der Waals surface area (Å²) >= 11 is 1.59. The second kappa shape index (κ2) is 5.93. The molecule has 0 aliphatic carbocycles. The summed E-state index contributed by atoms with van der Waals surface area (Å²) in [7, 11) is 0. The fraction of sp³-hybridized carbons (Fsp3) is 0.385. The summed E-state index contributed by atoms with van der Waals surface area (Å²) in [5, 5.41) is 23.2. The molecule has 1 aromatic heterocycles. The van der Waals surface area contributed by atoms with Crippen LogP contribution in [0.15, 0.2) is 18.2 Å². The lowest BCUT2D eigenvalue weighted by molar-refractivity contribution is 0.471. The first-order valence-corrected chi connectivity index (χ1v) is 6.86. The first-order chi connectivity index (χ1) is 8.72. The van der Waals surface area contributed by atoms with E-state index in [1.54, 1.807) is 17.4 Å². The molecule has 5 heteroatoms. The van der Waals surface area contributed by atoms with Crippen molar-refractivity contribution in [2.75, 3.05) is 13.1 Å². The predicted molar refractivity (Wildman–Crippen MR) is 74.0 cm³/mol. The number of phenols is 1. The number of likely N-dealkylation sites (N-methyl/N-ethyl adjacent to an activating group) is 1. The molecule has 0 saturated carbocycles. The van der Waals surface area contributed by atoms with E-state index >= 15 is 0 Å². The van der Waals surface area contributed by atoms with Crippen molar-refractivity contribution in [3.8, 4) is 16.3 Å². The summed E-state index contributed by atoms with van der Waals surface area (Å²) in [6.07, 6.45) is 0.892. The Morgan fingerprint density at radius 1 is 1.33 bits per heavy atom. The summed E-state index contributed by atoms with van der Waals surface area (Å²) in [4.78, 5) is 0. The first kappa shape index (κ1) is 13.0. The van der Waals surface area contributed by atoms with Gasteiger partial charge in [0.1, 0.15) is 15.8 Å². The minimum absolute atomic E-state index is 0.303. The molecule has 0 aliphatic heterocycles. The Labute approximate surface area is 111 Å². The zero-order chi connectivity index (χ0) is 13.0. The molecule has 18 heavy (non-hydrogen) atoms. The molecule has 0 aliphatic rings. The van der Waals surface area contributed by atoms with Gasteiger partial charge in [-0.25, -0.2) is 0 Å². The predicted octanol–water partition coefficient (Wildman–Crippen LogP) is 2.37. The van der Waals surface area contributed by atoms with E-state index in [1.807, 2.05) is 19.1 Å². The van der Waals surface area contributed by atoms with Gasteiger partial charge >= 0.3 is 0 Å². The van der Waals surface area contributed by atoms with E-state index < -0.39 is 0 Å². The van der Waals surface area contributed by atoms with Crippen LogP contribution >= 0.6 is 11.3 Å². The maximum atomic E-state index is 9.69. The fourth-order valence-corrected chi connectivity index (χ4v) is 2.61. The summed E-state index contributed by atoms with van der Waals surface area (Å²) in [5.74, 6) is 0.303. The second-order valence-corrected chi connectivity index (χ2v) is 5.12. The average Bonchev–Trinajstić information content (AvgIpc) is 2.82. The number of aromatic hydroxyl groups is 1. The van der Waals surface area contributed by atoms with E-state index in [4.69, 9.17) is 0 Å². The minimum Gasteiger partial charge on any atom is -0.508 e. The third kappa shape index (κ3) is 2.86. The van der Waals surface area contributed by atoms with Crippen molar-refractivity contribution in [1.29, 1.82) is 0 Å². The fourth-order valence-electron chi connectivity index (χ4n) is 1.69. The molecule has 0 fully saturated rings. The maximum Gasteiger partial charge on any atom is 0.148 e. The normalized spacial score (nSPS) is 10.8. The average molecular weight is 263 g/mol. The van der Waals surface area contributed by atoms with E-state index in [2.05, 4.69) is 22.4 Å². The van der Waals surface area contributed by atoms with Crippen LogP contribution in [0.3, 0.4) is 0 Å². The summed E-state index contributed by atoms with van der Waals surface area (Å²) in [5.41, 5.74) is 1.81. The Morgan fingerprint density at radius 2 is 2.17 bits per heavy atom. The molecule has 0 bridgehead atoms. The molecule has 0 radical (unpaired) electrons. The van der Waals surface area contributed by atoms with E-state index in [0.717, 1.165) is 40.7 Å². The zero-order valence-electron chi connectivity index (χ0n) is 10.6. The summed E-state index contributed by atoms with van der Waals surface area (Å²) in [6, 6.07) is 5.48. The van der Waals surface area contributed by atoms with Gasteiger partial charge in [0.05, 0.1) is 0 Å². The van der Waals surface area contributed by atoms with Crippen molar-refractivity contribution >= 4 is 11.3 Å². The van der Waals surface area contributed by atoms with Crippen molar-refractivity contribution in [3.63, 3.8) is 0 Å². The van der Waals surface area contributed by atoms with Gasteiger partial charge in [-0.15, -0.1) is 10.2 Å². The number of hydrogen-bond acceptors (Lipinski definition) is 5. The molecule has 4 nitrogen and oxygen atoms in total. The molecule has 2 N–H and O–H groups in total. The molecule has 0 spiro atoms. The highest BCUT2D eigenvalue weighted by Gasteiger charge is 2.10. The summed E-state index contributed by atoms with van der Waals surface area (Å²) in [6.45, 7) is 5.87. The van der Waals surface area contributed by atoms with Crippen LogP contribution in [0.4, 0.5) is 0 Å². The number of hydrogen-bond donors (Lipinski definition) is 2. The van der Waals surface area contributed by atoms with Crippen molar-refractivity contribution in [2.45, 2.75) is 20.3 Å². The van der Waals surface area contributed by atoms with Gasteiger partial charge in [-0.05, 0) is 19.5 Å². The molecule has 1 heterocycles. The van der Waals surface area contributed by atoms with Crippen LogP contribution in [0, 0.1) is 6.92 Å². The molecule has 2 aromatic rings. The third-order valence-corrected chi connectivity index (χ3v) is 3.78. The Kier molecular flexibility index (Phi) is 4.28. The van der Waals surface area contributed by atoms with Gasteiger partial charge in [-0.1, -0.05) is 30.4 Å². The SMILES string of the molecule is CCNCCc1nnc(-c2cccc(O)c2C)s1. The number of rotatable bonds is 5. The minimum atomic E-state index is 0.303. The number of nitrogens with one attached hydrogen (secondary N) is 1. The molecule has 0 unspecified atom stereocenters. The quantitative estimate of drug-likeness (QED) is 0.813. The largest absolute Gasteiger partial charge is 0.508 e. The molecular formula is C13H17N3OS. The first-order valence-electron chi connectivity index (χ1n) is 6.04. The molecule has 0 amide bonds. The Balaban J connectivity index is 2.16. The molecular weight excluding hydrogens is 246 g/mol. The van der Waals surface area contributed by atoms with E-state index in [9.17, 15) is 5.11 Å². The maximum absolute atomic E-state index is 9.69. The Bertz CT molecular complexity index is 525. The highest BCUT2D eigenvalue weighted by Crippen LogP contribution is 2.31. The lowest BCUT2D eigenvalue weighted by Gasteiger charge is -2.02.